The predicted octanol–water partition coefficient (Wildman–Crippen LogP) is 4.99. The normalized spacial score (nSPS) is 25.0. The molecule has 0 bridgehead atoms. The summed E-state index contributed by atoms with van der Waals surface area (Å²) in [7, 11) is 0. The molecule has 4 rings (SSSR count). The van der Waals surface area contributed by atoms with Crippen molar-refractivity contribution in [3.63, 3.8) is 0 Å². The highest BCUT2D eigenvalue weighted by Crippen LogP contribution is 2.43. The van der Waals surface area contributed by atoms with Crippen LogP contribution in [0.1, 0.15) is 53.7 Å². The summed E-state index contributed by atoms with van der Waals surface area (Å²) in [5.74, 6) is 1.03. The predicted molar refractivity (Wildman–Crippen MR) is 116 cm³/mol. The number of hydrogen-bond donors (Lipinski definition) is 1. The lowest BCUT2D eigenvalue weighted by Gasteiger charge is -2.38. The van der Waals surface area contributed by atoms with Gasteiger partial charge in [-0.3, -0.25) is 4.90 Å². The Hall–Kier alpha value is -1.55. The molecule has 0 amide bonds. The van der Waals surface area contributed by atoms with Crippen molar-refractivity contribution < 1.29 is 4.74 Å². The van der Waals surface area contributed by atoms with Crippen LogP contribution < -0.4 is 10.5 Å². The Morgan fingerprint density at radius 2 is 2.07 bits per heavy atom. The lowest BCUT2D eigenvalue weighted by atomic mass is 10.0. The summed E-state index contributed by atoms with van der Waals surface area (Å²) in [6, 6.07) is 11.3. The summed E-state index contributed by atoms with van der Waals surface area (Å²) in [4.78, 5) is 2.54. The number of aryl methyl sites for hydroxylation is 3. The maximum absolute atomic E-state index is 6.82. The van der Waals surface area contributed by atoms with Crippen LogP contribution in [0.25, 0.3) is 0 Å². The molecular formula is C24H31ClN2O. The van der Waals surface area contributed by atoms with Crippen molar-refractivity contribution in [2.45, 2.75) is 64.6 Å². The number of nitrogens with zero attached hydrogens (tertiary/aromatic N) is 1. The smallest absolute Gasteiger partial charge is 0.140 e. The summed E-state index contributed by atoms with van der Waals surface area (Å²) in [5.41, 5.74) is 12.5. The van der Waals surface area contributed by atoms with Gasteiger partial charge in [-0.1, -0.05) is 42.8 Å². The number of ether oxygens (including phenoxy) is 1. The Morgan fingerprint density at radius 1 is 1.25 bits per heavy atom. The molecule has 1 heterocycles. The Labute approximate surface area is 173 Å². The average molecular weight is 399 g/mol. The van der Waals surface area contributed by atoms with E-state index in [1.165, 1.54) is 27.8 Å². The molecule has 1 aliphatic heterocycles. The van der Waals surface area contributed by atoms with Gasteiger partial charge in [0, 0.05) is 17.6 Å². The molecule has 1 saturated heterocycles. The van der Waals surface area contributed by atoms with E-state index in [1.54, 1.807) is 0 Å². The molecule has 28 heavy (non-hydrogen) atoms. The fraction of sp³-hybridized carbons (Fsp3) is 0.500. The molecule has 2 aliphatic rings. The van der Waals surface area contributed by atoms with Crippen LogP contribution in [0.5, 0.6) is 5.75 Å². The number of benzene rings is 2. The van der Waals surface area contributed by atoms with E-state index in [1.807, 2.05) is 0 Å². The SMILES string of the molecule is CCc1cccc(C)c1OC1c2cc(C)cc(Cl)c2CC1N1CCCC(N)C1. The number of fused-ring (bicyclic) bond motifs is 1. The number of halogens is 1. The van der Waals surface area contributed by atoms with Gasteiger partial charge in [-0.15, -0.1) is 0 Å². The van der Waals surface area contributed by atoms with E-state index in [-0.39, 0.29) is 18.2 Å². The zero-order chi connectivity index (χ0) is 19.8. The number of piperidine rings is 1. The number of hydrogen-bond acceptors (Lipinski definition) is 3. The van der Waals surface area contributed by atoms with Crippen molar-refractivity contribution >= 4 is 11.6 Å². The molecule has 0 radical (unpaired) electrons. The van der Waals surface area contributed by atoms with Crippen LogP contribution in [0.15, 0.2) is 30.3 Å². The third-order valence-corrected chi connectivity index (χ3v) is 6.66. The minimum Gasteiger partial charge on any atom is -0.483 e. The van der Waals surface area contributed by atoms with Gasteiger partial charge in [0.05, 0.1) is 6.04 Å². The minimum absolute atomic E-state index is 0.0101. The largest absolute Gasteiger partial charge is 0.483 e. The standard InChI is InChI=1S/C24H31ClN2O/c1-4-17-8-5-7-16(3)23(17)28-24-20-11-15(2)12-21(25)19(20)13-22(24)27-10-6-9-18(26)14-27/h5,7-8,11-12,18,22,24H,4,6,9-10,13-14,26H2,1-3H3. The molecule has 0 spiro atoms. The maximum atomic E-state index is 6.82. The summed E-state index contributed by atoms with van der Waals surface area (Å²) in [6.45, 7) is 8.45. The van der Waals surface area contributed by atoms with E-state index in [9.17, 15) is 0 Å². The van der Waals surface area contributed by atoms with Gasteiger partial charge in [-0.05, 0) is 80.0 Å². The van der Waals surface area contributed by atoms with Crippen LogP contribution in [0, 0.1) is 13.8 Å². The van der Waals surface area contributed by atoms with E-state index >= 15 is 0 Å². The average Bonchev–Trinajstić information content (AvgIpc) is 3.02. The molecule has 3 atom stereocenters. The molecule has 3 unspecified atom stereocenters. The molecule has 2 aromatic rings. The van der Waals surface area contributed by atoms with Crippen LogP contribution >= 0.6 is 11.6 Å². The molecule has 4 heteroatoms. The number of nitrogens with two attached hydrogens (primary N) is 1. The maximum Gasteiger partial charge on any atom is 0.140 e. The number of para-hydroxylation sites is 1. The zero-order valence-corrected chi connectivity index (χ0v) is 17.9. The highest BCUT2D eigenvalue weighted by Gasteiger charge is 2.40. The van der Waals surface area contributed by atoms with Crippen LogP contribution in [0.2, 0.25) is 5.02 Å². The quantitative estimate of drug-likeness (QED) is 0.788. The van der Waals surface area contributed by atoms with E-state index in [2.05, 4.69) is 56.0 Å². The monoisotopic (exact) mass is 398 g/mol. The van der Waals surface area contributed by atoms with Crippen LogP contribution in [0.4, 0.5) is 0 Å². The van der Waals surface area contributed by atoms with Gasteiger partial charge in [0.2, 0.25) is 0 Å². The summed E-state index contributed by atoms with van der Waals surface area (Å²) in [5, 5.41) is 0.868. The highest BCUT2D eigenvalue weighted by molar-refractivity contribution is 6.31. The second-order valence-corrected chi connectivity index (χ2v) is 8.85. The molecular weight excluding hydrogens is 368 g/mol. The zero-order valence-electron chi connectivity index (χ0n) is 17.2. The van der Waals surface area contributed by atoms with Crippen molar-refractivity contribution in [3.05, 3.63) is 63.2 Å². The lowest BCUT2D eigenvalue weighted by molar-refractivity contribution is 0.0584. The first-order chi connectivity index (χ1) is 13.5. The lowest BCUT2D eigenvalue weighted by Crippen LogP contribution is -2.49. The fourth-order valence-electron chi connectivity index (χ4n) is 4.88. The van der Waals surface area contributed by atoms with E-state index in [4.69, 9.17) is 22.1 Å². The summed E-state index contributed by atoms with van der Waals surface area (Å²) < 4.78 is 6.82. The van der Waals surface area contributed by atoms with Crippen molar-refractivity contribution in [2.75, 3.05) is 13.1 Å². The molecule has 3 nitrogen and oxygen atoms in total. The third kappa shape index (κ3) is 3.68. The summed E-state index contributed by atoms with van der Waals surface area (Å²) in [6.07, 6.45) is 4.14. The molecule has 150 valence electrons. The van der Waals surface area contributed by atoms with Crippen molar-refractivity contribution in [3.8, 4) is 5.75 Å². The second-order valence-electron chi connectivity index (χ2n) is 8.44. The van der Waals surface area contributed by atoms with Crippen molar-refractivity contribution in [2.24, 2.45) is 5.73 Å². The molecule has 0 aromatic heterocycles. The first-order valence-electron chi connectivity index (χ1n) is 10.5. The second kappa shape index (κ2) is 8.06. The van der Waals surface area contributed by atoms with Gasteiger partial charge < -0.3 is 10.5 Å². The minimum atomic E-state index is -0.0101. The molecule has 2 aromatic carbocycles. The summed E-state index contributed by atoms with van der Waals surface area (Å²) >= 11 is 6.67. The Bertz CT molecular complexity index is 866. The van der Waals surface area contributed by atoms with Gasteiger partial charge in [-0.25, -0.2) is 0 Å². The van der Waals surface area contributed by atoms with Crippen molar-refractivity contribution in [1.29, 1.82) is 0 Å². The highest BCUT2D eigenvalue weighted by atomic mass is 35.5. The Balaban J connectivity index is 1.74. The van der Waals surface area contributed by atoms with Gasteiger partial charge in [0.25, 0.3) is 0 Å². The molecule has 0 saturated carbocycles. The molecule has 2 N–H and O–H groups in total. The van der Waals surface area contributed by atoms with Crippen molar-refractivity contribution in [1.82, 2.24) is 4.90 Å². The van der Waals surface area contributed by atoms with Gasteiger partial charge in [-0.2, -0.15) is 0 Å². The Kier molecular flexibility index (Phi) is 5.69. The first-order valence-corrected chi connectivity index (χ1v) is 10.9. The van der Waals surface area contributed by atoms with E-state index < -0.39 is 0 Å². The van der Waals surface area contributed by atoms with Gasteiger partial charge in [0.15, 0.2) is 0 Å². The van der Waals surface area contributed by atoms with E-state index in [0.29, 0.717) is 0 Å². The van der Waals surface area contributed by atoms with Crippen LogP contribution in [-0.2, 0) is 12.8 Å². The van der Waals surface area contributed by atoms with Crippen LogP contribution in [0.3, 0.4) is 0 Å². The topological polar surface area (TPSA) is 38.5 Å². The number of rotatable bonds is 4. The Morgan fingerprint density at radius 3 is 2.82 bits per heavy atom. The fourth-order valence-corrected chi connectivity index (χ4v) is 5.24. The number of likely N-dealkylation sites (tertiary alicyclic amines) is 1. The molecule has 1 aliphatic carbocycles. The van der Waals surface area contributed by atoms with E-state index in [0.717, 1.165) is 49.5 Å². The molecule has 1 fully saturated rings. The third-order valence-electron chi connectivity index (χ3n) is 6.32. The van der Waals surface area contributed by atoms with Gasteiger partial charge in [0.1, 0.15) is 11.9 Å². The van der Waals surface area contributed by atoms with Gasteiger partial charge >= 0.3 is 0 Å². The van der Waals surface area contributed by atoms with Crippen LogP contribution in [-0.4, -0.2) is 30.1 Å². The first kappa shape index (κ1) is 19.8.